The number of nitrogens with zero attached hydrogens (tertiary/aromatic N) is 3. The number of nitrogens with one attached hydrogen (secondary N) is 1. The van der Waals surface area contributed by atoms with Crippen LogP contribution >= 0.6 is 23.2 Å². The Morgan fingerprint density at radius 2 is 2.11 bits per heavy atom. The molecule has 0 aliphatic heterocycles. The Balaban J connectivity index is 1.94. The van der Waals surface area contributed by atoms with Crippen molar-refractivity contribution in [3.63, 3.8) is 0 Å². The lowest BCUT2D eigenvalue weighted by Crippen LogP contribution is -2.26. The number of allylic oxidation sites excluding steroid dienone is 1. The van der Waals surface area contributed by atoms with Gasteiger partial charge in [0.1, 0.15) is 0 Å². The van der Waals surface area contributed by atoms with Gasteiger partial charge in [-0.2, -0.15) is 8.78 Å². The summed E-state index contributed by atoms with van der Waals surface area (Å²) in [6.45, 7) is 0.252. The zero-order chi connectivity index (χ0) is 20.0. The third-order valence-electron chi connectivity index (χ3n) is 3.33. The van der Waals surface area contributed by atoms with Gasteiger partial charge in [-0.1, -0.05) is 23.2 Å². The lowest BCUT2D eigenvalue weighted by Gasteiger charge is -2.06. The van der Waals surface area contributed by atoms with Crippen molar-refractivity contribution in [2.45, 2.75) is 12.8 Å². The lowest BCUT2D eigenvalue weighted by molar-refractivity contribution is 0.0954. The largest absolute Gasteiger partial charge is 0.414 e. The molecule has 11 heteroatoms. The van der Waals surface area contributed by atoms with E-state index in [4.69, 9.17) is 33.4 Å². The molecule has 0 spiro atoms. The number of hydrogen-bond acceptors (Lipinski definition) is 6. The molecular formula is C16H15Cl2F2N5O2. The minimum atomic E-state index is -2.88. The quantitative estimate of drug-likeness (QED) is 0.670. The molecule has 0 aliphatic carbocycles. The zero-order valence-electron chi connectivity index (χ0n) is 14.0. The highest BCUT2D eigenvalue weighted by molar-refractivity contribution is 6.42. The number of alkyl halides is 2. The fourth-order valence-corrected chi connectivity index (χ4v) is 2.27. The minimum Gasteiger partial charge on any atom is -0.414 e. The van der Waals surface area contributed by atoms with E-state index in [1.54, 1.807) is 6.07 Å². The first kappa shape index (κ1) is 20.8. The molecule has 1 amide bonds. The molecule has 0 saturated heterocycles. The van der Waals surface area contributed by atoms with Crippen LogP contribution in [0.1, 0.15) is 35.0 Å². The second-order valence-corrected chi connectivity index (χ2v) is 6.01. The number of aromatic nitrogens is 2. The highest BCUT2D eigenvalue weighted by Crippen LogP contribution is 2.22. The number of amides is 1. The highest BCUT2D eigenvalue weighted by Gasteiger charge is 2.17. The molecule has 1 heterocycles. The third-order valence-corrected chi connectivity index (χ3v) is 4.07. The molecule has 0 saturated carbocycles. The molecule has 1 aromatic heterocycles. The highest BCUT2D eigenvalue weighted by atomic mass is 35.5. The van der Waals surface area contributed by atoms with E-state index in [0.717, 1.165) is 0 Å². The molecule has 144 valence electrons. The van der Waals surface area contributed by atoms with Crippen LogP contribution in [0, 0.1) is 0 Å². The first-order valence-corrected chi connectivity index (χ1v) is 8.35. The van der Waals surface area contributed by atoms with Crippen molar-refractivity contribution in [3.05, 3.63) is 51.7 Å². The molecule has 1 aromatic carbocycles. The maximum atomic E-state index is 12.5. The van der Waals surface area contributed by atoms with Crippen LogP contribution in [-0.2, 0) is 0 Å². The summed E-state index contributed by atoms with van der Waals surface area (Å²) in [6, 6.07) is 4.54. The molecule has 0 fully saturated rings. The Morgan fingerprint density at radius 3 is 2.70 bits per heavy atom. The van der Waals surface area contributed by atoms with E-state index in [9.17, 15) is 13.6 Å². The number of carbonyl (C=O) groups is 1. The fourth-order valence-electron chi connectivity index (χ4n) is 1.97. The smallest absolute Gasteiger partial charge is 0.314 e. The van der Waals surface area contributed by atoms with Crippen molar-refractivity contribution in [3.8, 4) is 0 Å². The minimum absolute atomic E-state index is 0.00851. The number of benzene rings is 1. The van der Waals surface area contributed by atoms with Crippen LogP contribution < -0.4 is 11.1 Å². The van der Waals surface area contributed by atoms with Gasteiger partial charge in [0.15, 0.2) is 0 Å². The monoisotopic (exact) mass is 417 g/mol. The van der Waals surface area contributed by atoms with Crippen LogP contribution in [-0.4, -0.2) is 35.4 Å². The maximum absolute atomic E-state index is 12.5. The normalized spacial score (nSPS) is 12.5. The van der Waals surface area contributed by atoms with Gasteiger partial charge in [-0.05, 0) is 24.3 Å². The van der Waals surface area contributed by atoms with E-state index < -0.39 is 12.3 Å². The van der Waals surface area contributed by atoms with Gasteiger partial charge in [0.05, 0.1) is 15.7 Å². The van der Waals surface area contributed by atoms with Crippen LogP contribution in [0.4, 0.5) is 8.78 Å². The zero-order valence-corrected chi connectivity index (χ0v) is 15.6. The molecular weight excluding hydrogens is 403 g/mol. The number of halogens is 4. The number of rotatable bonds is 7. The first-order chi connectivity index (χ1) is 12.8. The lowest BCUT2D eigenvalue weighted by atomic mass is 10.2. The summed E-state index contributed by atoms with van der Waals surface area (Å²) in [5.41, 5.74) is 6.61. The average molecular weight is 418 g/mol. The summed E-state index contributed by atoms with van der Waals surface area (Å²) in [6.07, 6.45) is -1.14. The van der Waals surface area contributed by atoms with Crippen molar-refractivity contribution < 1.29 is 18.0 Å². The van der Waals surface area contributed by atoms with E-state index in [-0.39, 0.29) is 29.1 Å². The molecule has 0 unspecified atom stereocenters. The second kappa shape index (κ2) is 9.43. The van der Waals surface area contributed by atoms with E-state index in [2.05, 4.69) is 20.5 Å². The fraction of sp³-hybridized carbons (Fsp3) is 0.250. The van der Waals surface area contributed by atoms with Crippen LogP contribution in [0.15, 0.2) is 33.7 Å². The number of carbonyl (C=O) groups excluding carboxylic acids is 1. The van der Waals surface area contributed by atoms with E-state index in [1.807, 2.05) is 0 Å². The number of nitrogens with two attached hydrogens (primary N) is 1. The van der Waals surface area contributed by atoms with Crippen LogP contribution in [0.5, 0.6) is 0 Å². The van der Waals surface area contributed by atoms with Gasteiger partial charge in [-0.25, -0.2) is 0 Å². The van der Waals surface area contributed by atoms with Gasteiger partial charge < -0.3 is 15.5 Å². The molecule has 0 aliphatic rings. The Labute approximate surface area is 163 Å². The molecule has 2 aromatic rings. The summed E-state index contributed by atoms with van der Waals surface area (Å²) in [5.74, 6) is -1.38. The second-order valence-electron chi connectivity index (χ2n) is 5.20. The predicted octanol–water partition coefficient (Wildman–Crippen LogP) is 3.50. The predicted molar refractivity (Wildman–Crippen MR) is 98.2 cm³/mol. The number of aliphatic imine (C=N–C) groups is 1. The number of hydrogen-bond donors (Lipinski definition) is 2. The molecule has 2 rings (SSSR count). The third kappa shape index (κ3) is 5.73. The van der Waals surface area contributed by atoms with Gasteiger partial charge in [-0.15, -0.1) is 10.2 Å². The van der Waals surface area contributed by atoms with Crippen molar-refractivity contribution in [2.75, 3.05) is 13.6 Å². The van der Waals surface area contributed by atoms with Crippen LogP contribution in [0.2, 0.25) is 10.0 Å². The Kier molecular flexibility index (Phi) is 7.26. The Bertz CT molecular complexity index is 883. The van der Waals surface area contributed by atoms with Crippen molar-refractivity contribution in [1.82, 2.24) is 15.5 Å². The molecule has 3 N–H and O–H groups in total. The molecule has 0 atom stereocenters. The van der Waals surface area contributed by atoms with Crippen molar-refractivity contribution >= 4 is 40.5 Å². The van der Waals surface area contributed by atoms with E-state index in [1.165, 1.54) is 25.3 Å². The Hall–Kier alpha value is -2.52. The average Bonchev–Trinajstić information content (AvgIpc) is 3.13. The van der Waals surface area contributed by atoms with Crippen molar-refractivity contribution in [1.29, 1.82) is 0 Å². The molecule has 0 radical (unpaired) electrons. The SMILES string of the molecule is CN=C(/C=C(\N)c1nnc(C(F)F)o1)CCNC(=O)c1ccc(Cl)c(Cl)c1. The topological polar surface area (TPSA) is 106 Å². The van der Waals surface area contributed by atoms with Gasteiger partial charge in [0.25, 0.3) is 17.7 Å². The standard InChI is InChI=1S/C16H15Cl2F2N5O2/c1-22-9(7-12(21)15-24-25-16(27-15)13(19)20)4-5-23-14(26)8-2-3-10(17)11(18)6-8/h2-3,6-7,13H,4-5,21H2,1H3,(H,23,26)/b12-7-,22-9?. The van der Waals surface area contributed by atoms with Gasteiger partial charge in [-0.3, -0.25) is 9.79 Å². The van der Waals surface area contributed by atoms with E-state index >= 15 is 0 Å². The Morgan fingerprint density at radius 1 is 1.37 bits per heavy atom. The van der Waals surface area contributed by atoms with Gasteiger partial charge in [0.2, 0.25) is 0 Å². The molecule has 7 nitrogen and oxygen atoms in total. The van der Waals surface area contributed by atoms with E-state index in [0.29, 0.717) is 22.7 Å². The maximum Gasteiger partial charge on any atom is 0.314 e. The molecule has 27 heavy (non-hydrogen) atoms. The summed E-state index contributed by atoms with van der Waals surface area (Å²) in [4.78, 5) is 16.1. The summed E-state index contributed by atoms with van der Waals surface area (Å²) < 4.78 is 29.7. The van der Waals surface area contributed by atoms with Crippen LogP contribution in [0.25, 0.3) is 5.70 Å². The molecule has 0 bridgehead atoms. The summed E-state index contributed by atoms with van der Waals surface area (Å²) >= 11 is 11.7. The van der Waals surface area contributed by atoms with Gasteiger partial charge in [0, 0.05) is 31.3 Å². The first-order valence-electron chi connectivity index (χ1n) is 7.59. The summed E-state index contributed by atoms with van der Waals surface area (Å²) in [7, 11) is 1.53. The van der Waals surface area contributed by atoms with Gasteiger partial charge >= 0.3 is 6.43 Å². The summed E-state index contributed by atoms with van der Waals surface area (Å²) in [5, 5.41) is 9.98. The van der Waals surface area contributed by atoms with Crippen molar-refractivity contribution in [2.24, 2.45) is 10.7 Å². The van der Waals surface area contributed by atoms with Crippen LogP contribution in [0.3, 0.4) is 0 Å².